The Kier molecular flexibility index (Phi) is 3.38. The van der Waals surface area contributed by atoms with Crippen molar-refractivity contribution in [3.05, 3.63) is 34.9 Å². The molecule has 2 nitrogen and oxygen atoms in total. The van der Waals surface area contributed by atoms with Crippen LogP contribution in [0, 0.1) is 6.92 Å². The summed E-state index contributed by atoms with van der Waals surface area (Å²) in [5.41, 5.74) is 4.63. The van der Waals surface area contributed by atoms with Crippen molar-refractivity contribution in [3.8, 4) is 0 Å². The summed E-state index contributed by atoms with van der Waals surface area (Å²) < 4.78 is 37.7. The second-order valence-corrected chi connectivity index (χ2v) is 3.68. The molecule has 1 rings (SSSR count). The number of hydrogen-bond donors (Lipinski definition) is 1. The first kappa shape index (κ1) is 12.7. The number of Topliss-reactive ketones (excluding diaryl/α,β-unsaturated/α-hetero) is 1. The zero-order valence-corrected chi connectivity index (χ0v) is 8.93. The molecule has 0 aliphatic carbocycles. The molecular weight excluding hydrogens is 219 g/mol. The Morgan fingerprint density at radius 2 is 1.94 bits per heavy atom. The molecule has 88 valence electrons. The lowest BCUT2D eigenvalue weighted by molar-refractivity contribution is -0.138. The largest absolute Gasteiger partial charge is 0.416 e. The van der Waals surface area contributed by atoms with Gasteiger partial charge in [-0.3, -0.25) is 4.79 Å². The van der Waals surface area contributed by atoms with Crippen LogP contribution in [0.1, 0.15) is 28.4 Å². The molecule has 16 heavy (non-hydrogen) atoms. The van der Waals surface area contributed by atoms with Crippen LogP contribution < -0.4 is 5.73 Å². The zero-order chi connectivity index (χ0) is 12.5. The summed E-state index contributed by atoms with van der Waals surface area (Å²) in [7, 11) is 0. The van der Waals surface area contributed by atoms with Crippen molar-refractivity contribution in [2.45, 2.75) is 26.1 Å². The van der Waals surface area contributed by atoms with Gasteiger partial charge in [0.25, 0.3) is 0 Å². The van der Waals surface area contributed by atoms with Gasteiger partial charge in [0.05, 0.1) is 11.6 Å². The summed E-state index contributed by atoms with van der Waals surface area (Å²) >= 11 is 0. The Bertz CT molecular complexity index is 410. The molecule has 0 amide bonds. The minimum atomic E-state index is -4.45. The lowest BCUT2D eigenvalue weighted by Crippen LogP contribution is -2.27. The van der Waals surface area contributed by atoms with Gasteiger partial charge in [-0.2, -0.15) is 13.2 Å². The molecule has 5 heteroatoms. The van der Waals surface area contributed by atoms with E-state index in [1.807, 2.05) is 0 Å². The average Bonchev–Trinajstić information content (AvgIpc) is 2.15. The SMILES string of the molecule is Cc1ccc(C(=O)C(C)N)cc1C(F)(F)F. The van der Waals surface area contributed by atoms with E-state index >= 15 is 0 Å². The molecule has 1 atom stereocenters. The maximum absolute atomic E-state index is 12.6. The van der Waals surface area contributed by atoms with E-state index in [2.05, 4.69) is 0 Å². The Balaban J connectivity index is 3.23. The van der Waals surface area contributed by atoms with Crippen LogP contribution in [-0.2, 0) is 6.18 Å². The lowest BCUT2D eigenvalue weighted by atomic mass is 10.00. The summed E-state index contributed by atoms with van der Waals surface area (Å²) in [6.07, 6.45) is -4.45. The number of aryl methyl sites for hydroxylation is 1. The Hall–Kier alpha value is -1.36. The highest BCUT2D eigenvalue weighted by Crippen LogP contribution is 2.32. The fraction of sp³-hybridized carbons (Fsp3) is 0.364. The maximum Gasteiger partial charge on any atom is 0.416 e. The third-order valence-electron chi connectivity index (χ3n) is 2.24. The van der Waals surface area contributed by atoms with Gasteiger partial charge in [-0.15, -0.1) is 0 Å². The molecular formula is C11H12F3NO. The summed E-state index contributed by atoms with van der Waals surface area (Å²) in [4.78, 5) is 11.4. The molecule has 0 radical (unpaired) electrons. The summed E-state index contributed by atoms with van der Waals surface area (Å²) in [5, 5.41) is 0. The maximum atomic E-state index is 12.6. The number of carbonyl (C=O) groups is 1. The molecule has 2 N–H and O–H groups in total. The van der Waals surface area contributed by atoms with E-state index in [9.17, 15) is 18.0 Å². The van der Waals surface area contributed by atoms with Gasteiger partial charge in [0.15, 0.2) is 5.78 Å². The summed E-state index contributed by atoms with van der Waals surface area (Å²) in [5.74, 6) is -0.495. The normalized spacial score (nSPS) is 13.6. The molecule has 0 aliphatic heterocycles. The Morgan fingerprint density at radius 1 is 1.38 bits per heavy atom. The average molecular weight is 231 g/mol. The monoisotopic (exact) mass is 231 g/mol. The lowest BCUT2D eigenvalue weighted by Gasteiger charge is -2.12. The number of hydrogen-bond acceptors (Lipinski definition) is 2. The quantitative estimate of drug-likeness (QED) is 0.795. The second kappa shape index (κ2) is 4.25. The van der Waals surface area contributed by atoms with Crippen LogP contribution in [0.2, 0.25) is 0 Å². The van der Waals surface area contributed by atoms with Crippen molar-refractivity contribution >= 4 is 5.78 Å². The highest BCUT2D eigenvalue weighted by atomic mass is 19.4. The van der Waals surface area contributed by atoms with Gasteiger partial charge in [0.1, 0.15) is 0 Å². The molecule has 0 saturated carbocycles. The number of ketones is 1. The molecule has 1 aromatic rings. The van der Waals surface area contributed by atoms with Crippen LogP contribution in [0.4, 0.5) is 13.2 Å². The fourth-order valence-corrected chi connectivity index (χ4v) is 1.34. The molecule has 0 heterocycles. The van der Waals surface area contributed by atoms with Crippen LogP contribution in [0.25, 0.3) is 0 Å². The van der Waals surface area contributed by atoms with E-state index in [-0.39, 0.29) is 11.1 Å². The van der Waals surface area contributed by atoms with Gasteiger partial charge in [0, 0.05) is 5.56 Å². The fourth-order valence-electron chi connectivity index (χ4n) is 1.34. The number of rotatable bonds is 2. The number of halogens is 3. The molecule has 0 aromatic heterocycles. The molecule has 1 aromatic carbocycles. The van der Waals surface area contributed by atoms with Crippen molar-refractivity contribution in [2.75, 3.05) is 0 Å². The molecule has 0 fully saturated rings. The standard InChI is InChI=1S/C11H12F3NO/c1-6-3-4-8(10(16)7(2)15)5-9(6)11(12,13)14/h3-5,7H,15H2,1-2H3. The number of alkyl halides is 3. The first-order valence-corrected chi connectivity index (χ1v) is 4.71. The molecule has 1 unspecified atom stereocenters. The van der Waals surface area contributed by atoms with E-state index in [4.69, 9.17) is 5.73 Å². The van der Waals surface area contributed by atoms with Gasteiger partial charge in [-0.1, -0.05) is 12.1 Å². The van der Waals surface area contributed by atoms with Crippen LogP contribution in [0.5, 0.6) is 0 Å². The highest BCUT2D eigenvalue weighted by Gasteiger charge is 2.33. The van der Waals surface area contributed by atoms with Crippen molar-refractivity contribution in [3.63, 3.8) is 0 Å². The van der Waals surface area contributed by atoms with Gasteiger partial charge < -0.3 is 5.73 Å². The van der Waals surface area contributed by atoms with E-state index in [1.54, 1.807) is 0 Å². The van der Waals surface area contributed by atoms with E-state index in [0.29, 0.717) is 0 Å². The number of benzene rings is 1. The molecule has 0 aliphatic rings. The van der Waals surface area contributed by atoms with Crippen molar-refractivity contribution in [1.29, 1.82) is 0 Å². The molecule has 0 saturated heterocycles. The first-order valence-electron chi connectivity index (χ1n) is 4.71. The predicted molar refractivity (Wildman–Crippen MR) is 54.2 cm³/mol. The Morgan fingerprint density at radius 3 is 2.38 bits per heavy atom. The first-order chi connectivity index (χ1) is 7.23. The van der Waals surface area contributed by atoms with Crippen LogP contribution in [-0.4, -0.2) is 11.8 Å². The minimum Gasteiger partial charge on any atom is -0.321 e. The van der Waals surface area contributed by atoms with Gasteiger partial charge in [-0.25, -0.2) is 0 Å². The highest BCUT2D eigenvalue weighted by molar-refractivity contribution is 5.99. The predicted octanol–water partition coefficient (Wildman–Crippen LogP) is 2.54. The van der Waals surface area contributed by atoms with Crippen molar-refractivity contribution in [1.82, 2.24) is 0 Å². The zero-order valence-electron chi connectivity index (χ0n) is 8.93. The van der Waals surface area contributed by atoms with Crippen LogP contribution in [0.3, 0.4) is 0 Å². The molecule has 0 spiro atoms. The second-order valence-electron chi connectivity index (χ2n) is 3.68. The third kappa shape index (κ3) is 2.61. The van der Waals surface area contributed by atoms with Crippen LogP contribution in [0.15, 0.2) is 18.2 Å². The van der Waals surface area contributed by atoms with Crippen molar-refractivity contribution in [2.24, 2.45) is 5.73 Å². The number of carbonyl (C=O) groups excluding carboxylic acids is 1. The van der Waals surface area contributed by atoms with Gasteiger partial charge in [-0.05, 0) is 25.5 Å². The van der Waals surface area contributed by atoms with E-state index in [1.165, 1.54) is 26.0 Å². The van der Waals surface area contributed by atoms with Crippen LogP contribution >= 0.6 is 0 Å². The smallest absolute Gasteiger partial charge is 0.321 e. The topological polar surface area (TPSA) is 43.1 Å². The van der Waals surface area contributed by atoms with Gasteiger partial charge in [0.2, 0.25) is 0 Å². The van der Waals surface area contributed by atoms with E-state index < -0.39 is 23.6 Å². The summed E-state index contributed by atoms with van der Waals surface area (Å²) in [6.45, 7) is 2.79. The van der Waals surface area contributed by atoms with Crippen molar-refractivity contribution < 1.29 is 18.0 Å². The van der Waals surface area contributed by atoms with E-state index in [0.717, 1.165) is 6.07 Å². The van der Waals surface area contributed by atoms with Gasteiger partial charge >= 0.3 is 6.18 Å². The Labute approximate surface area is 91.3 Å². The minimum absolute atomic E-state index is 0.00655. The third-order valence-corrected chi connectivity index (χ3v) is 2.24. The molecule has 0 bridgehead atoms. The number of nitrogens with two attached hydrogens (primary N) is 1. The summed E-state index contributed by atoms with van der Waals surface area (Å²) in [6, 6.07) is 2.68.